The molecule has 0 unspecified atom stereocenters. The largest absolute Gasteiger partial charge is 0.322 e. The summed E-state index contributed by atoms with van der Waals surface area (Å²) in [5.74, 6) is 0.595. The summed E-state index contributed by atoms with van der Waals surface area (Å²) in [5.41, 5.74) is 0.0730. The number of rotatable bonds is 6. The van der Waals surface area contributed by atoms with Gasteiger partial charge in [-0.2, -0.15) is 8.78 Å². The van der Waals surface area contributed by atoms with Crippen molar-refractivity contribution in [3.05, 3.63) is 11.6 Å². The van der Waals surface area contributed by atoms with Crippen LogP contribution in [0.2, 0.25) is 0 Å². The third-order valence-corrected chi connectivity index (χ3v) is 2.40. The van der Waals surface area contributed by atoms with Gasteiger partial charge in [-0.3, -0.25) is 0 Å². The van der Waals surface area contributed by atoms with Gasteiger partial charge in [-0.15, -0.1) is 0 Å². The number of nitrogens with one attached hydrogen (secondary N) is 1. The molecule has 0 bridgehead atoms. The molecular weight excluding hydrogens is 252 g/mol. The second-order valence-corrected chi connectivity index (χ2v) is 4.77. The molecule has 0 saturated heterocycles. The Morgan fingerprint density at radius 1 is 1.50 bits per heavy atom. The predicted octanol–water partition coefficient (Wildman–Crippen LogP) is 3.56. The zero-order valence-corrected chi connectivity index (χ0v) is 10.5. The molecule has 4 heteroatoms. The number of hydrogen-bond donors (Lipinski definition) is 1. The second kappa shape index (κ2) is 6.51. The van der Waals surface area contributed by atoms with Crippen LogP contribution in [0.15, 0.2) is 11.6 Å². The van der Waals surface area contributed by atoms with Crippen LogP contribution in [0, 0.1) is 5.92 Å². The lowest BCUT2D eigenvalue weighted by Crippen LogP contribution is -2.20. The van der Waals surface area contributed by atoms with E-state index in [1.165, 1.54) is 6.92 Å². The van der Waals surface area contributed by atoms with E-state index in [1.54, 1.807) is 6.08 Å². The molecule has 1 nitrogen and oxygen atoms in total. The normalized spacial score (nSPS) is 13.8. The number of alkyl halides is 3. The van der Waals surface area contributed by atoms with Gasteiger partial charge < -0.3 is 5.32 Å². The molecule has 14 heavy (non-hydrogen) atoms. The van der Waals surface area contributed by atoms with Crippen LogP contribution in [0.25, 0.3) is 0 Å². The van der Waals surface area contributed by atoms with Crippen LogP contribution in [-0.4, -0.2) is 17.9 Å². The molecule has 0 aromatic rings. The van der Waals surface area contributed by atoms with Gasteiger partial charge in [0.15, 0.2) is 0 Å². The Hall–Kier alpha value is 0.0400. The summed E-state index contributed by atoms with van der Waals surface area (Å²) in [6.45, 7) is 7.33. The maximum Gasteiger partial charge on any atom is 0.322 e. The van der Waals surface area contributed by atoms with Crippen LogP contribution in [0.5, 0.6) is 0 Å². The molecule has 0 saturated carbocycles. The Kier molecular flexibility index (Phi) is 6.53. The minimum atomic E-state index is -2.86. The first-order chi connectivity index (χ1) is 6.34. The fraction of sp³-hybridized carbons (Fsp3) is 0.800. The Labute approximate surface area is 93.1 Å². The third kappa shape index (κ3) is 7.44. The lowest BCUT2D eigenvalue weighted by molar-refractivity contribution is 0.156. The summed E-state index contributed by atoms with van der Waals surface area (Å²) < 4.78 is 25.2. The molecule has 0 aromatic carbocycles. The van der Waals surface area contributed by atoms with Crippen molar-refractivity contribution in [1.29, 1.82) is 0 Å². The van der Waals surface area contributed by atoms with Crippen LogP contribution in [0.3, 0.4) is 0 Å². The summed E-state index contributed by atoms with van der Waals surface area (Å²) in [5, 5.41) is 3.19. The summed E-state index contributed by atoms with van der Waals surface area (Å²) in [6, 6.07) is 0. The maximum absolute atomic E-state index is 12.6. The van der Waals surface area contributed by atoms with Gasteiger partial charge in [0, 0.05) is 5.57 Å². The standard InChI is InChI=1S/C10H18BrF2N/c1-8(2)7-14-6-4-5-9(3)10(11,12)13/h5,8,14H,4,6-7H2,1-3H3/b9-5-. The molecule has 0 aliphatic heterocycles. The molecule has 0 rings (SSSR count). The molecule has 0 aromatic heterocycles. The van der Waals surface area contributed by atoms with Crippen molar-refractivity contribution < 1.29 is 8.78 Å². The number of allylic oxidation sites excluding steroid dienone is 1. The van der Waals surface area contributed by atoms with Crippen LogP contribution in [-0.2, 0) is 0 Å². The monoisotopic (exact) mass is 269 g/mol. The fourth-order valence-electron chi connectivity index (χ4n) is 0.897. The average molecular weight is 270 g/mol. The predicted molar refractivity (Wildman–Crippen MR) is 60.0 cm³/mol. The van der Waals surface area contributed by atoms with E-state index in [0.717, 1.165) is 13.1 Å². The SMILES string of the molecule is C/C(=C/CCNCC(C)C)C(F)(F)Br. The smallest absolute Gasteiger partial charge is 0.316 e. The van der Waals surface area contributed by atoms with Gasteiger partial charge in [-0.1, -0.05) is 19.9 Å². The quantitative estimate of drug-likeness (QED) is 0.442. The van der Waals surface area contributed by atoms with Crippen molar-refractivity contribution in [2.75, 3.05) is 13.1 Å². The van der Waals surface area contributed by atoms with Crippen molar-refractivity contribution in [3.8, 4) is 0 Å². The van der Waals surface area contributed by atoms with E-state index < -0.39 is 4.83 Å². The molecule has 0 atom stereocenters. The lowest BCUT2D eigenvalue weighted by atomic mass is 10.2. The van der Waals surface area contributed by atoms with Crippen molar-refractivity contribution in [1.82, 2.24) is 5.32 Å². The first kappa shape index (κ1) is 14.0. The highest BCUT2D eigenvalue weighted by Crippen LogP contribution is 2.30. The van der Waals surface area contributed by atoms with Crippen molar-refractivity contribution >= 4 is 15.9 Å². The van der Waals surface area contributed by atoms with Crippen LogP contribution >= 0.6 is 15.9 Å². The Bertz CT molecular complexity index is 185. The number of hydrogen-bond acceptors (Lipinski definition) is 1. The van der Waals surface area contributed by atoms with Gasteiger partial charge in [0.1, 0.15) is 0 Å². The van der Waals surface area contributed by atoms with E-state index in [-0.39, 0.29) is 5.57 Å². The Morgan fingerprint density at radius 2 is 2.07 bits per heavy atom. The highest BCUT2D eigenvalue weighted by molar-refractivity contribution is 9.10. The van der Waals surface area contributed by atoms with E-state index in [4.69, 9.17) is 0 Å². The van der Waals surface area contributed by atoms with Gasteiger partial charge in [-0.05, 0) is 48.3 Å². The van der Waals surface area contributed by atoms with E-state index in [9.17, 15) is 8.78 Å². The Morgan fingerprint density at radius 3 is 2.50 bits per heavy atom. The minimum absolute atomic E-state index is 0.0730. The van der Waals surface area contributed by atoms with Gasteiger partial charge in [0.2, 0.25) is 0 Å². The zero-order valence-electron chi connectivity index (χ0n) is 8.91. The highest BCUT2D eigenvalue weighted by Gasteiger charge is 2.25. The molecule has 0 aliphatic rings. The lowest BCUT2D eigenvalue weighted by Gasteiger charge is -2.09. The van der Waals surface area contributed by atoms with Gasteiger partial charge in [0.05, 0.1) is 0 Å². The van der Waals surface area contributed by atoms with E-state index in [1.807, 2.05) is 0 Å². The first-order valence-electron chi connectivity index (χ1n) is 4.78. The van der Waals surface area contributed by atoms with E-state index >= 15 is 0 Å². The first-order valence-corrected chi connectivity index (χ1v) is 5.58. The third-order valence-electron chi connectivity index (χ3n) is 1.77. The van der Waals surface area contributed by atoms with Crippen molar-refractivity contribution in [2.24, 2.45) is 5.92 Å². The summed E-state index contributed by atoms with van der Waals surface area (Å²) in [4.78, 5) is -2.86. The maximum atomic E-state index is 12.6. The number of halogens is 3. The molecular formula is C10H18BrF2N. The van der Waals surface area contributed by atoms with Crippen LogP contribution in [0.4, 0.5) is 8.78 Å². The van der Waals surface area contributed by atoms with Crippen molar-refractivity contribution in [2.45, 2.75) is 32.0 Å². The molecule has 0 heterocycles. The molecule has 0 spiro atoms. The summed E-state index contributed by atoms with van der Waals surface area (Å²) in [6.07, 6.45) is 2.20. The second-order valence-electron chi connectivity index (χ2n) is 3.77. The van der Waals surface area contributed by atoms with Gasteiger partial charge in [0.25, 0.3) is 0 Å². The van der Waals surface area contributed by atoms with Crippen LogP contribution in [0.1, 0.15) is 27.2 Å². The summed E-state index contributed by atoms with van der Waals surface area (Å²) >= 11 is 2.31. The molecule has 0 aliphatic carbocycles. The molecule has 1 N–H and O–H groups in total. The molecule has 84 valence electrons. The molecule has 0 fully saturated rings. The average Bonchev–Trinajstić information content (AvgIpc) is 2.01. The fourth-order valence-corrected chi connectivity index (χ4v) is 1.06. The van der Waals surface area contributed by atoms with E-state index in [2.05, 4.69) is 35.1 Å². The molecule has 0 radical (unpaired) electrons. The van der Waals surface area contributed by atoms with Gasteiger partial charge in [-0.25, -0.2) is 0 Å². The van der Waals surface area contributed by atoms with E-state index in [0.29, 0.717) is 12.3 Å². The van der Waals surface area contributed by atoms with Crippen LogP contribution < -0.4 is 5.32 Å². The molecule has 0 amide bonds. The van der Waals surface area contributed by atoms with Crippen molar-refractivity contribution in [3.63, 3.8) is 0 Å². The minimum Gasteiger partial charge on any atom is -0.316 e. The Balaban J connectivity index is 3.62. The topological polar surface area (TPSA) is 12.0 Å². The summed E-state index contributed by atoms with van der Waals surface area (Å²) in [7, 11) is 0. The highest BCUT2D eigenvalue weighted by atomic mass is 79.9. The van der Waals surface area contributed by atoms with Gasteiger partial charge >= 0.3 is 4.83 Å². The zero-order chi connectivity index (χ0) is 11.2.